The number of piperidine rings is 1. The average Bonchev–Trinajstić information content (AvgIpc) is 3.11. The smallest absolute Gasteiger partial charge is 0.263 e. The summed E-state index contributed by atoms with van der Waals surface area (Å²) in [5.74, 6) is -0.796. The quantitative estimate of drug-likeness (QED) is 0.625. The summed E-state index contributed by atoms with van der Waals surface area (Å²) in [6.45, 7) is 1.04. The van der Waals surface area contributed by atoms with Gasteiger partial charge in [-0.05, 0) is 42.5 Å². The number of hydrogen-bond acceptors (Lipinski definition) is 3. The molecule has 2 aromatic carbocycles. The molecule has 0 aliphatic carbocycles. The van der Waals surface area contributed by atoms with Crippen LogP contribution in [0.5, 0.6) is 0 Å². The van der Waals surface area contributed by atoms with E-state index in [4.69, 9.17) is 0 Å². The Kier molecular flexibility index (Phi) is 4.55. The van der Waals surface area contributed by atoms with E-state index in [9.17, 15) is 14.0 Å². The third-order valence-corrected chi connectivity index (χ3v) is 5.93. The van der Waals surface area contributed by atoms with Gasteiger partial charge in [0.2, 0.25) is 0 Å². The van der Waals surface area contributed by atoms with Crippen LogP contribution in [0.25, 0.3) is 10.1 Å². The molecule has 0 unspecified atom stereocenters. The molecule has 3 aromatic rings. The first-order chi connectivity index (χ1) is 12.6. The normalized spacial score (nSPS) is 17.4. The summed E-state index contributed by atoms with van der Waals surface area (Å²) in [5.41, 5.74) is 0.381. The van der Waals surface area contributed by atoms with E-state index in [0.29, 0.717) is 23.5 Å². The molecule has 1 aromatic heterocycles. The van der Waals surface area contributed by atoms with Gasteiger partial charge in [-0.3, -0.25) is 9.59 Å². The molecule has 1 saturated heterocycles. The number of hydrogen-bond donors (Lipinski definition) is 0. The van der Waals surface area contributed by atoms with Crippen molar-refractivity contribution in [1.82, 2.24) is 4.90 Å². The maximum Gasteiger partial charge on any atom is 0.263 e. The number of carbonyl (C=O) groups excluding carboxylic acids is 2. The minimum absolute atomic E-state index is 0.0251. The number of fused-ring (bicyclic) bond motifs is 1. The third-order valence-electron chi connectivity index (χ3n) is 4.82. The van der Waals surface area contributed by atoms with Crippen molar-refractivity contribution in [3.05, 3.63) is 70.9 Å². The van der Waals surface area contributed by atoms with Crippen molar-refractivity contribution in [3.63, 3.8) is 0 Å². The van der Waals surface area contributed by atoms with E-state index < -0.39 is 5.82 Å². The Morgan fingerprint density at radius 3 is 2.73 bits per heavy atom. The van der Waals surface area contributed by atoms with Crippen LogP contribution < -0.4 is 0 Å². The van der Waals surface area contributed by atoms with E-state index in [1.165, 1.54) is 23.5 Å². The van der Waals surface area contributed by atoms with Crippen molar-refractivity contribution >= 4 is 33.1 Å². The number of rotatable bonds is 3. The van der Waals surface area contributed by atoms with Crippen molar-refractivity contribution < 1.29 is 14.0 Å². The monoisotopic (exact) mass is 367 g/mol. The van der Waals surface area contributed by atoms with Crippen molar-refractivity contribution in [2.75, 3.05) is 13.1 Å². The van der Waals surface area contributed by atoms with Crippen LogP contribution in [0, 0.1) is 11.7 Å². The Balaban J connectivity index is 1.52. The summed E-state index contributed by atoms with van der Waals surface area (Å²) < 4.78 is 14.5. The second-order valence-corrected chi connectivity index (χ2v) is 7.70. The Morgan fingerprint density at radius 1 is 1.08 bits per heavy atom. The number of Topliss-reactive ketones (excluding diaryl/α,β-unsaturated/α-hetero) is 1. The van der Waals surface area contributed by atoms with E-state index in [1.807, 2.05) is 30.3 Å². The standard InChI is InChI=1S/C21H18FNO2S/c22-17-8-3-6-15(11-17)20(24)16-7-4-10-23(13-16)21(25)19-12-14-5-1-2-9-18(14)26-19/h1-3,5-6,8-9,11-12,16H,4,7,10,13H2/t16-/m0/s1. The average molecular weight is 367 g/mol. The van der Waals surface area contributed by atoms with Gasteiger partial charge in [0.1, 0.15) is 5.82 Å². The van der Waals surface area contributed by atoms with Crippen LogP contribution >= 0.6 is 11.3 Å². The summed E-state index contributed by atoms with van der Waals surface area (Å²) in [4.78, 5) is 28.0. The van der Waals surface area contributed by atoms with Gasteiger partial charge in [-0.15, -0.1) is 11.3 Å². The predicted molar refractivity (Wildman–Crippen MR) is 101 cm³/mol. The second kappa shape index (κ2) is 7.00. The number of benzene rings is 2. The van der Waals surface area contributed by atoms with Gasteiger partial charge in [0, 0.05) is 29.3 Å². The molecular weight excluding hydrogens is 349 g/mol. The van der Waals surface area contributed by atoms with E-state index in [0.717, 1.165) is 22.9 Å². The first kappa shape index (κ1) is 16.9. The van der Waals surface area contributed by atoms with Gasteiger partial charge in [-0.2, -0.15) is 0 Å². The molecule has 1 amide bonds. The van der Waals surface area contributed by atoms with Crippen molar-refractivity contribution in [3.8, 4) is 0 Å². The molecule has 0 saturated carbocycles. The fraction of sp³-hybridized carbons (Fsp3) is 0.238. The number of halogens is 1. The van der Waals surface area contributed by atoms with Crippen molar-refractivity contribution in [2.45, 2.75) is 12.8 Å². The lowest BCUT2D eigenvalue weighted by atomic mass is 9.90. The fourth-order valence-electron chi connectivity index (χ4n) is 3.50. The highest BCUT2D eigenvalue weighted by molar-refractivity contribution is 7.20. The first-order valence-electron chi connectivity index (χ1n) is 8.69. The molecule has 132 valence electrons. The summed E-state index contributed by atoms with van der Waals surface area (Å²) >= 11 is 1.48. The number of ketones is 1. The molecule has 4 rings (SSSR count). The van der Waals surface area contributed by atoms with Gasteiger partial charge in [0.05, 0.1) is 4.88 Å². The zero-order chi connectivity index (χ0) is 18.1. The number of likely N-dealkylation sites (tertiary alicyclic amines) is 1. The molecule has 2 heterocycles. The lowest BCUT2D eigenvalue weighted by molar-refractivity contribution is 0.0641. The Hall–Kier alpha value is -2.53. The predicted octanol–water partition coefficient (Wildman–Crippen LogP) is 4.78. The zero-order valence-corrected chi connectivity index (χ0v) is 15.0. The molecule has 3 nitrogen and oxygen atoms in total. The summed E-state index contributed by atoms with van der Waals surface area (Å²) in [6, 6.07) is 15.6. The van der Waals surface area contributed by atoms with E-state index >= 15 is 0 Å². The van der Waals surface area contributed by atoms with Crippen LogP contribution in [0.4, 0.5) is 4.39 Å². The SMILES string of the molecule is O=C(c1cccc(F)c1)[C@H]1CCCN(C(=O)c2cc3ccccc3s2)C1. The molecule has 1 atom stereocenters. The highest BCUT2D eigenvalue weighted by Gasteiger charge is 2.30. The molecule has 1 aliphatic rings. The lowest BCUT2D eigenvalue weighted by Gasteiger charge is -2.31. The van der Waals surface area contributed by atoms with Gasteiger partial charge in [0.15, 0.2) is 5.78 Å². The van der Waals surface area contributed by atoms with E-state index in [1.54, 1.807) is 17.0 Å². The lowest BCUT2D eigenvalue weighted by Crippen LogP contribution is -2.42. The molecular formula is C21H18FNO2S. The molecule has 5 heteroatoms. The topological polar surface area (TPSA) is 37.4 Å². The van der Waals surface area contributed by atoms with Crippen LogP contribution in [0.2, 0.25) is 0 Å². The molecule has 1 aliphatic heterocycles. The molecule has 26 heavy (non-hydrogen) atoms. The number of amides is 1. The molecule has 0 N–H and O–H groups in total. The van der Waals surface area contributed by atoms with Gasteiger partial charge in [-0.25, -0.2) is 4.39 Å². The summed E-state index contributed by atoms with van der Waals surface area (Å²) in [6.07, 6.45) is 1.51. The maximum absolute atomic E-state index is 13.4. The zero-order valence-electron chi connectivity index (χ0n) is 14.2. The van der Waals surface area contributed by atoms with E-state index in [-0.39, 0.29) is 17.6 Å². The van der Waals surface area contributed by atoms with Crippen LogP contribution in [0.1, 0.15) is 32.9 Å². The summed E-state index contributed by atoms with van der Waals surface area (Å²) in [7, 11) is 0. The van der Waals surface area contributed by atoms with Crippen LogP contribution in [0.15, 0.2) is 54.6 Å². The highest BCUT2D eigenvalue weighted by Crippen LogP contribution is 2.28. The van der Waals surface area contributed by atoms with Gasteiger partial charge < -0.3 is 4.90 Å². The highest BCUT2D eigenvalue weighted by atomic mass is 32.1. The molecule has 0 radical (unpaired) electrons. The maximum atomic E-state index is 13.4. The van der Waals surface area contributed by atoms with Crippen LogP contribution in [0.3, 0.4) is 0 Å². The second-order valence-electron chi connectivity index (χ2n) is 6.61. The van der Waals surface area contributed by atoms with Crippen molar-refractivity contribution in [2.24, 2.45) is 5.92 Å². The van der Waals surface area contributed by atoms with Gasteiger partial charge in [0.25, 0.3) is 5.91 Å². The van der Waals surface area contributed by atoms with Gasteiger partial charge in [-0.1, -0.05) is 30.3 Å². The third kappa shape index (κ3) is 3.27. The molecule has 0 spiro atoms. The van der Waals surface area contributed by atoms with E-state index in [2.05, 4.69) is 0 Å². The Bertz CT molecular complexity index is 948. The largest absolute Gasteiger partial charge is 0.337 e. The minimum atomic E-state index is -0.412. The molecule has 1 fully saturated rings. The summed E-state index contributed by atoms with van der Waals surface area (Å²) in [5, 5.41) is 1.06. The number of thiophene rings is 1. The van der Waals surface area contributed by atoms with Gasteiger partial charge >= 0.3 is 0 Å². The van der Waals surface area contributed by atoms with Crippen molar-refractivity contribution in [1.29, 1.82) is 0 Å². The minimum Gasteiger partial charge on any atom is -0.337 e. The Labute approximate surface area is 155 Å². The first-order valence-corrected chi connectivity index (χ1v) is 9.51. The number of carbonyl (C=O) groups is 2. The van der Waals surface area contributed by atoms with Crippen LogP contribution in [-0.2, 0) is 0 Å². The van der Waals surface area contributed by atoms with Crippen LogP contribution in [-0.4, -0.2) is 29.7 Å². The Morgan fingerprint density at radius 2 is 1.92 bits per heavy atom. The molecule has 0 bridgehead atoms. The fourth-order valence-corrected chi connectivity index (χ4v) is 4.53. The number of nitrogens with zero attached hydrogens (tertiary/aromatic N) is 1.